The molecule has 1 aromatic rings. The van der Waals surface area contributed by atoms with E-state index < -0.39 is 0 Å². The molecule has 0 aliphatic carbocycles. The molecule has 5 heteroatoms. The number of aromatic nitrogens is 1. The number of hydrogen-bond acceptors (Lipinski definition) is 3. The Kier molecular flexibility index (Phi) is 5.58. The highest BCUT2D eigenvalue weighted by atomic mass is 16.3. The highest BCUT2D eigenvalue weighted by molar-refractivity contribution is 5.88. The van der Waals surface area contributed by atoms with E-state index in [4.69, 9.17) is 5.11 Å². The third-order valence-electron chi connectivity index (χ3n) is 2.64. The lowest BCUT2D eigenvalue weighted by Gasteiger charge is -2.16. The highest BCUT2D eigenvalue weighted by Gasteiger charge is 2.10. The monoisotopic (exact) mass is 251 g/mol. The molecule has 0 bridgehead atoms. The molecule has 100 valence electrons. The summed E-state index contributed by atoms with van der Waals surface area (Å²) in [6.45, 7) is 5.88. The molecule has 0 fully saturated rings. The van der Waals surface area contributed by atoms with Crippen LogP contribution in [0.1, 0.15) is 31.0 Å². The van der Waals surface area contributed by atoms with E-state index in [9.17, 15) is 4.79 Å². The van der Waals surface area contributed by atoms with Crippen LogP contribution in [0.25, 0.3) is 0 Å². The van der Waals surface area contributed by atoms with Crippen LogP contribution in [-0.2, 0) is 0 Å². The summed E-state index contributed by atoms with van der Waals surface area (Å²) in [5, 5.41) is 14.4. The van der Waals surface area contributed by atoms with Gasteiger partial charge >= 0.3 is 6.03 Å². The summed E-state index contributed by atoms with van der Waals surface area (Å²) in [5.74, 6) is 0.545. The van der Waals surface area contributed by atoms with E-state index in [0.717, 1.165) is 17.7 Å². The van der Waals surface area contributed by atoms with Gasteiger partial charge in [0.2, 0.25) is 0 Å². The van der Waals surface area contributed by atoms with Crippen molar-refractivity contribution in [2.24, 2.45) is 0 Å². The number of pyridine rings is 1. The van der Waals surface area contributed by atoms with E-state index in [1.54, 1.807) is 0 Å². The Morgan fingerprint density at radius 3 is 2.72 bits per heavy atom. The Morgan fingerprint density at radius 1 is 1.44 bits per heavy atom. The second-order valence-corrected chi connectivity index (χ2v) is 4.39. The van der Waals surface area contributed by atoms with Crippen molar-refractivity contribution in [1.29, 1.82) is 0 Å². The SMILES string of the molecule is CC[C@H](CCO)NC(=O)Nc1cc(C)cc(C)n1. The van der Waals surface area contributed by atoms with Gasteiger partial charge in [0, 0.05) is 18.3 Å². The second-order valence-electron chi connectivity index (χ2n) is 4.39. The normalized spacial score (nSPS) is 12.0. The van der Waals surface area contributed by atoms with Crippen molar-refractivity contribution in [2.45, 2.75) is 39.7 Å². The summed E-state index contributed by atoms with van der Waals surface area (Å²) in [7, 11) is 0. The molecule has 1 aromatic heterocycles. The van der Waals surface area contributed by atoms with Gasteiger partial charge in [0.05, 0.1) is 0 Å². The van der Waals surface area contributed by atoms with Crippen molar-refractivity contribution in [3.05, 3.63) is 23.4 Å². The smallest absolute Gasteiger partial charge is 0.320 e. The van der Waals surface area contributed by atoms with Crippen LogP contribution >= 0.6 is 0 Å². The molecule has 0 saturated heterocycles. The summed E-state index contributed by atoms with van der Waals surface area (Å²) >= 11 is 0. The first-order valence-electron chi connectivity index (χ1n) is 6.18. The summed E-state index contributed by atoms with van der Waals surface area (Å²) in [5.41, 5.74) is 1.92. The number of carbonyl (C=O) groups is 1. The van der Waals surface area contributed by atoms with E-state index >= 15 is 0 Å². The van der Waals surface area contributed by atoms with Crippen LogP contribution in [0.5, 0.6) is 0 Å². The lowest BCUT2D eigenvalue weighted by atomic mass is 10.2. The Hall–Kier alpha value is -1.62. The molecule has 0 radical (unpaired) electrons. The predicted molar refractivity (Wildman–Crippen MR) is 71.6 cm³/mol. The molecule has 3 N–H and O–H groups in total. The Morgan fingerprint density at radius 2 is 2.17 bits per heavy atom. The minimum Gasteiger partial charge on any atom is -0.396 e. The maximum atomic E-state index is 11.7. The maximum absolute atomic E-state index is 11.7. The number of urea groups is 1. The standard InChI is InChI=1S/C13H21N3O2/c1-4-11(5-6-17)15-13(18)16-12-8-9(2)7-10(3)14-12/h7-8,11,17H,4-6H2,1-3H3,(H2,14,15,16,18)/t11-/m1/s1. The Labute approximate surface area is 108 Å². The second kappa shape index (κ2) is 6.96. The third kappa shape index (κ3) is 4.71. The van der Waals surface area contributed by atoms with Gasteiger partial charge in [0.1, 0.15) is 5.82 Å². The van der Waals surface area contributed by atoms with Crippen molar-refractivity contribution in [3.63, 3.8) is 0 Å². The Bertz CT molecular complexity index is 387. The molecule has 5 nitrogen and oxygen atoms in total. The van der Waals surface area contributed by atoms with Gasteiger partial charge in [0.25, 0.3) is 0 Å². The molecular formula is C13H21N3O2. The van der Waals surface area contributed by atoms with Gasteiger partial charge in [-0.1, -0.05) is 6.92 Å². The number of carbonyl (C=O) groups excluding carboxylic acids is 1. The summed E-state index contributed by atoms with van der Waals surface area (Å²) < 4.78 is 0. The fraction of sp³-hybridized carbons (Fsp3) is 0.538. The molecule has 1 heterocycles. The van der Waals surface area contributed by atoms with Crippen LogP contribution in [0, 0.1) is 13.8 Å². The quantitative estimate of drug-likeness (QED) is 0.749. The molecule has 0 aromatic carbocycles. The molecule has 0 aliphatic rings. The first kappa shape index (κ1) is 14.4. The van der Waals surface area contributed by atoms with Crippen LogP contribution in [0.15, 0.2) is 12.1 Å². The topological polar surface area (TPSA) is 74.2 Å². The zero-order valence-electron chi connectivity index (χ0n) is 11.2. The molecule has 0 unspecified atom stereocenters. The number of amides is 2. The van der Waals surface area contributed by atoms with Crippen LogP contribution < -0.4 is 10.6 Å². The zero-order chi connectivity index (χ0) is 13.5. The zero-order valence-corrected chi connectivity index (χ0v) is 11.2. The molecule has 0 aliphatic heterocycles. The fourth-order valence-corrected chi connectivity index (χ4v) is 1.78. The molecule has 2 amide bonds. The number of rotatable bonds is 5. The van der Waals surface area contributed by atoms with Crippen molar-refractivity contribution in [1.82, 2.24) is 10.3 Å². The van der Waals surface area contributed by atoms with Gasteiger partial charge < -0.3 is 10.4 Å². The molecule has 1 rings (SSSR count). The largest absolute Gasteiger partial charge is 0.396 e. The highest BCUT2D eigenvalue weighted by Crippen LogP contribution is 2.09. The first-order valence-corrected chi connectivity index (χ1v) is 6.18. The van der Waals surface area contributed by atoms with Gasteiger partial charge in [-0.2, -0.15) is 0 Å². The van der Waals surface area contributed by atoms with Gasteiger partial charge in [-0.3, -0.25) is 5.32 Å². The number of aryl methyl sites for hydroxylation is 2. The van der Waals surface area contributed by atoms with Crippen LogP contribution in [0.4, 0.5) is 10.6 Å². The predicted octanol–water partition coefficient (Wildman–Crippen LogP) is 1.98. The minimum absolute atomic E-state index is 0.0130. The van der Waals surface area contributed by atoms with E-state index in [2.05, 4.69) is 15.6 Å². The molecule has 0 saturated carbocycles. The molecule has 1 atom stereocenters. The lowest BCUT2D eigenvalue weighted by molar-refractivity contribution is 0.237. The van der Waals surface area contributed by atoms with Crippen molar-refractivity contribution >= 4 is 11.8 Å². The summed E-state index contributed by atoms with van der Waals surface area (Å²) in [6.07, 6.45) is 1.35. The van der Waals surface area contributed by atoms with E-state index in [0.29, 0.717) is 12.2 Å². The lowest BCUT2D eigenvalue weighted by Crippen LogP contribution is -2.38. The number of anilines is 1. The van der Waals surface area contributed by atoms with Crippen molar-refractivity contribution in [2.75, 3.05) is 11.9 Å². The number of nitrogens with one attached hydrogen (secondary N) is 2. The van der Waals surface area contributed by atoms with Gasteiger partial charge in [-0.15, -0.1) is 0 Å². The molecular weight excluding hydrogens is 230 g/mol. The number of hydrogen-bond donors (Lipinski definition) is 3. The van der Waals surface area contributed by atoms with Crippen LogP contribution in [-0.4, -0.2) is 28.8 Å². The van der Waals surface area contributed by atoms with Gasteiger partial charge in [-0.25, -0.2) is 9.78 Å². The average molecular weight is 251 g/mol. The van der Waals surface area contributed by atoms with E-state index in [1.807, 2.05) is 32.9 Å². The van der Waals surface area contributed by atoms with Crippen molar-refractivity contribution < 1.29 is 9.90 Å². The van der Waals surface area contributed by atoms with E-state index in [-0.39, 0.29) is 18.7 Å². The van der Waals surface area contributed by atoms with Gasteiger partial charge in [0.15, 0.2) is 0 Å². The van der Waals surface area contributed by atoms with Crippen LogP contribution in [0.2, 0.25) is 0 Å². The maximum Gasteiger partial charge on any atom is 0.320 e. The molecule has 0 spiro atoms. The van der Waals surface area contributed by atoms with Crippen LogP contribution in [0.3, 0.4) is 0 Å². The first-order chi connectivity index (χ1) is 8.55. The summed E-state index contributed by atoms with van der Waals surface area (Å²) in [4.78, 5) is 16.0. The number of aliphatic hydroxyl groups is 1. The third-order valence-corrected chi connectivity index (χ3v) is 2.64. The van der Waals surface area contributed by atoms with Gasteiger partial charge in [-0.05, 0) is 44.4 Å². The Balaban J connectivity index is 2.58. The number of nitrogens with zero attached hydrogens (tertiary/aromatic N) is 1. The van der Waals surface area contributed by atoms with E-state index in [1.165, 1.54) is 0 Å². The minimum atomic E-state index is -0.284. The average Bonchev–Trinajstić information content (AvgIpc) is 2.26. The fourth-order valence-electron chi connectivity index (χ4n) is 1.78. The number of aliphatic hydroxyl groups excluding tert-OH is 1. The summed E-state index contributed by atoms with van der Waals surface area (Å²) in [6, 6.07) is 3.47. The molecule has 18 heavy (non-hydrogen) atoms. The van der Waals surface area contributed by atoms with Crippen molar-refractivity contribution in [3.8, 4) is 0 Å².